The van der Waals surface area contributed by atoms with E-state index in [0.717, 1.165) is 33.4 Å². The molecule has 0 spiro atoms. The third-order valence-corrected chi connectivity index (χ3v) is 5.27. The van der Waals surface area contributed by atoms with E-state index in [9.17, 15) is 10.2 Å². The van der Waals surface area contributed by atoms with Crippen LogP contribution in [0.25, 0.3) is 22.1 Å². The van der Waals surface area contributed by atoms with E-state index in [-0.39, 0.29) is 13.2 Å². The van der Waals surface area contributed by atoms with E-state index < -0.39 is 12.0 Å². The van der Waals surface area contributed by atoms with Gasteiger partial charge in [0.05, 0.1) is 36.4 Å². The van der Waals surface area contributed by atoms with Crippen molar-refractivity contribution in [2.45, 2.75) is 18.9 Å². The minimum absolute atomic E-state index is 0.175. The van der Waals surface area contributed by atoms with Gasteiger partial charge in [-0.25, -0.2) is 0 Å². The Morgan fingerprint density at radius 1 is 1.00 bits per heavy atom. The van der Waals surface area contributed by atoms with Crippen LogP contribution in [0, 0.1) is 0 Å². The summed E-state index contributed by atoms with van der Waals surface area (Å²) >= 11 is 0. The zero-order valence-electron chi connectivity index (χ0n) is 16.9. The van der Waals surface area contributed by atoms with E-state index in [1.165, 1.54) is 0 Å². The highest BCUT2D eigenvalue weighted by molar-refractivity contribution is 5.92. The Hall–Kier alpha value is -3.44. The summed E-state index contributed by atoms with van der Waals surface area (Å²) < 4.78 is 5.47. The first-order valence-electron chi connectivity index (χ1n) is 9.77. The van der Waals surface area contributed by atoms with Crippen LogP contribution in [-0.2, 0) is 0 Å². The summed E-state index contributed by atoms with van der Waals surface area (Å²) in [5.74, 6) is 2.42. The lowest BCUT2D eigenvalue weighted by Crippen LogP contribution is -2.30. The maximum absolute atomic E-state index is 10.9. The maximum Gasteiger partial charge on any atom is 0.184 e. The molecule has 162 valence electrons. The molecule has 30 heavy (non-hydrogen) atoms. The average Bonchev–Trinajstić information content (AvgIpc) is 3.40. The molecular formula is C19H28N8O3. The fourth-order valence-electron chi connectivity index (χ4n) is 3.95. The van der Waals surface area contributed by atoms with Crippen LogP contribution in [0.3, 0.4) is 0 Å². The first-order valence-corrected chi connectivity index (χ1v) is 9.77. The lowest BCUT2D eigenvalue weighted by atomic mass is 9.94. The van der Waals surface area contributed by atoms with Gasteiger partial charge in [-0.2, -0.15) is 0 Å². The lowest BCUT2D eigenvalue weighted by Gasteiger charge is -2.23. The van der Waals surface area contributed by atoms with Crippen LogP contribution < -0.4 is 26.8 Å². The molecule has 0 bridgehead atoms. The number of aromatic nitrogens is 4. The number of methoxy groups -OCH3 is 1. The molecule has 4 rings (SSSR count). The van der Waals surface area contributed by atoms with Gasteiger partial charge >= 0.3 is 0 Å². The summed E-state index contributed by atoms with van der Waals surface area (Å²) in [5.41, 5.74) is 15.6. The Bertz CT molecular complexity index is 1150. The topological polar surface area (TPSA) is 189 Å². The molecule has 0 saturated carbocycles. The molecule has 0 aliphatic carbocycles. The highest BCUT2D eigenvalue weighted by atomic mass is 16.5. The van der Waals surface area contributed by atoms with E-state index in [1.807, 2.05) is 6.92 Å². The van der Waals surface area contributed by atoms with Gasteiger partial charge in [-0.1, -0.05) is 0 Å². The lowest BCUT2D eigenvalue weighted by molar-refractivity contribution is 0.117. The largest absolute Gasteiger partial charge is 0.491 e. The van der Waals surface area contributed by atoms with Gasteiger partial charge in [-0.15, -0.1) is 0 Å². The fourth-order valence-corrected chi connectivity index (χ4v) is 3.95. The highest BCUT2D eigenvalue weighted by Crippen LogP contribution is 2.37. The van der Waals surface area contributed by atoms with Gasteiger partial charge in [0.1, 0.15) is 28.8 Å². The second kappa shape index (κ2) is 7.76. The monoisotopic (exact) mass is 416 g/mol. The van der Waals surface area contributed by atoms with E-state index in [2.05, 4.69) is 30.6 Å². The number of aliphatic hydroxyl groups is 2. The summed E-state index contributed by atoms with van der Waals surface area (Å²) in [6.45, 7) is 2.60. The van der Waals surface area contributed by atoms with E-state index in [4.69, 9.17) is 16.2 Å². The molecule has 0 aromatic carbocycles. The van der Waals surface area contributed by atoms with Crippen molar-refractivity contribution >= 4 is 45.3 Å². The number of hydrogen-bond donors (Lipinski definition) is 10. The van der Waals surface area contributed by atoms with Crippen LogP contribution in [0.15, 0.2) is 12.1 Å². The number of H-pyrrole nitrogens is 4. The number of nitrogens with one attached hydrogen (secondary N) is 6. The van der Waals surface area contributed by atoms with Crippen molar-refractivity contribution in [2.24, 2.45) is 0 Å². The van der Waals surface area contributed by atoms with Crippen LogP contribution in [0.2, 0.25) is 0 Å². The number of nitrogens with two attached hydrogens (primary N) is 2. The van der Waals surface area contributed by atoms with E-state index in [1.54, 1.807) is 19.2 Å². The van der Waals surface area contributed by atoms with Gasteiger partial charge < -0.3 is 57.0 Å². The Morgan fingerprint density at radius 2 is 1.63 bits per heavy atom. The highest BCUT2D eigenvalue weighted by Gasteiger charge is 2.28. The summed E-state index contributed by atoms with van der Waals surface area (Å²) in [7, 11) is 1.56. The molecule has 0 amide bonds. The zero-order valence-corrected chi connectivity index (χ0v) is 16.9. The first kappa shape index (κ1) is 19.9. The Kier molecular flexibility index (Phi) is 5.14. The standard InChI is InChI=1S/C19H28N8O3/c1-3-22-18-14(15-9(24-18)4-12(20)26-15)8(7-28)11(29)6-23-19-17(30-2)16-10(25-19)5-13(21)27-16/h4-5,8,11,22-29H,3,6-7,20-21H2,1-2H3. The maximum atomic E-state index is 10.9. The SMILES string of the molecule is CCNc1[nH]c2cc(N)[nH]c2c1C(CO)C(O)CNc1[nH]c2cc(N)[nH]c2c1OC. The molecular weight excluding hydrogens is 388 g/mol. The molecule has 2 unspecified atom stereocenters. The van der Waals surface area contributed by atoms with E-state index in [0.29, 0.717) is 29.7 Å². The van der Waals surface area contributed by atoms with Crippen molar-refractivity contribution in [3.8, 4) is 5.75 Å². The second-order valence-electron chi connectivity index (χ2n) is 7.24. The molecule has 0 fully saturated rings. The Morgan fingerprint density at radius 3 is 2.27 bits per heavy atom. The second-order valence-corrected chi connectivity index (χ2v) is 7.24. The minimum Gasteiger partial charge on any atom is -0.491 e. The Labute approximate surface area is 172 Å². The molecule has 4 heterocycles. The molecule has 0 radical (unpaired) electrons. The number of hydrogen-bond acceptors (Lipinski definition) is 7. The third-order valence-electron chi connectivity index (χ3n) is 5.27. The minimum atomic E-state index is -0.896. The summed E-state index contributed by atoms with van der Waals surface area (Å²) in [6, 6.07) is 3.56. The molecule has 11 heteroatoms. The molecule has 0 saturated heterocycles. The summed E-state index contributed by atoms with van der Waals surface area (Å²) in [4.78, 5) is 12.6. The van der Waals surface area contributed by atoms with Crippen LogP contribution in [-0.4, -0.2) is 63.1 Å². The van der Waals surface area contributed by atoms with E-state index >= 15 is 0 Å². The fraction of sp³-hybridized carbons (Fsp3) is 0.368. The van der Waals surface area contributed by atoms with Gasteiger partial charge in [0.25, 0.3) is 0 Å². The normalized spacial score (nSPS) is 13.7. The molecule has 11 nitrogen and oxygen atoms in total. The molecule has 2 atom stereocenters. The van der Waals surface area contributed by atoms with Crippen molar-refractivity contribution in [1.29, 1.82) is 0 Å². The van der Waals surface area contributed by atoms with Crippen molar-refractivity contribution in [1.82, 2.24) is 19.9 Å². The average molecular weight is 416 g/mol. The van der Waals surface area contributed by atoms with Gasteiger partial charge in [0.15, 0.2) is 5.75 Å². The zero-order chi connectivity index (χ0) is 21.4. The number of ether oxygens (including phenoxy) is 1. The molecule has 0 aliphatic rings. The first-order chi connectivity index (χ1) is 14.5. The molecule has 4 aromatic heterocycles. The van der Waals surface area contributed by atoms with Gasteiger partial charge in [0.2, 0.25) is 0 Å². The van der Waals surface area contributed by atoms with Crippen molar-refractivity contribution in [3.05, 3.63) is 17.7 Å². The van der Waals surface area contributed by atoms with Crippen LogP contribution in [0.4, 0.5) is 23.3 Å². The number of fused-ring (bicyclic) bond motifs is 2. The quantitative estimate of drug-likeness (QED) is 0.195. The number of rotatable bonds is 9. The number of aliphatic hydroxyl groups excluding tert-OH is 2. The smallest absolute Gasteiger partial charge is 0.184 e. The third kappa shape index (κ3) is 3.27. The Balaban J connectivity index is 1.59. The predicted molar refractivity (Wildman–Crippen MR) is 119 cm³/mol. The number of aromatic amines is 4. The van der Waals surface area contributed by atoms with Crippen molar-refractivity contribution in [3.63, 3.8) is 0 Å². The number of anilines is 4. The van der Waals surface area contributed by atoms with Gasteiger partial charge in [-0.05, 0) is 6.92 Å². The van der Waals surface area contributed by atoms with Crippen LogP contribution in [0.5, 0.6) is 5.75 Å². The van der Waals surface area contributed by atoms with Crippen molar-refractivity contribution < 1.29 is 14.9 Å². The summed E-state index contributed by atoms with van der Waals surface area (Å²) in [6.07, 6.45) is -0.896. The van der Waals surface area contributed by atoms with Gasteiger partial charge in [0, 0.05) is 36.7 Å². The molecule has 0 aliphatic heterocycles. The van der Waals surface area contributed by atoms with Crippen molar-refractivity contribution in [2.75, 3.05) is 48.9 Å². The van der Waals surface area contributed by atoms with Crippen LogP contribution >= 0.6 is 0 Å². The summed E-state index contributed by atoms with van der Waals surface area (Å²) in [5, 5.41) is 27.5. The number of nitrogen functional groups attached to an aromatic ring is 2. The van der Waals surface area contributed by atoms with Crippen LogP contribution in [0.1, 0.15) is 18.4 Å². The molecule has 12 N–H and O–H groups in total. The van der Waals surface area contributed by atoms with Gasteiger partial charge in [-0.3, -0.25) is 0 Å². The molecule has 4 aromatic rings. The predicted octanol–water partition coefficient (Wildman–Crippen LogP) is 1.46.